The summed E-state index contributed by atoms with van der Waals surface area (Å²) in [6, 6.07) is 9.01. The number of furan rings is 1. The van der Waals surface area contributed by atoms with Gasteiger partial charge in [0.1, 0.15) is 22.8 Å². The second-order valence-electron chi connectivity index (χ2n) is 7.09. The van der Waals surface area contributed by atoms with E-state index in [1.807, 2.05) is 13.8 Å². The summed E-state index contributed by atoms with van der Waals surface area (Å²) in [5.74, 6) is 0.466. The van der Waals surface area contributed by atoms with Gasteiger partial charge < -0.3 is 13.3 Å². The van der Waals surface area contributed by atoms with Crippen molar-refractivity contribution in [1.82, 2.24) is 0 Å². The van der Waals surface area contributed by atoms with Crippen LogP contribution in [0.5, 0.6) is 11.5 Å². The first kappa shape index (κ1) is 19.5. The third-order valence-corrected chi connectivity index (χ3v) is 5.68. The molecule has 0 spiro atoms. The minimum Gasteiger partial charge on any atom is -0.497 e. The number of hydrogen-bond donors (Lipinski definition) is 0. The van der Waals surface area contributed by atoms with Gasteiger partial charge in [0.05, 0.1) is 12.7 Å². The highest BCUT2D eigenvalue weighted by Crippen LogP contribution is 2.46. The number of methoxy groups -OCH3 is 1. The van der Waals surface area contributed by atoms with Crippen molar-refractivity contribution >= 4 is 27.8 Å². The molecule has 0 radical (unpaired) electrons. The monoisotopic (exact) mass is 424 g/mol. The lowest BCUT2D eigenvalue weighted by Crippen LogP contribution is -2.29. The van der Waals surface area contributed by atoms with Crippen LogP contribution in [-0.2, 0) is 16.5 Å². The fourth-order valence-electron chi connectivity index (χ4n) is 3.55. The molecule has 0 saturated heterocycles. The highest BCUT2D eigenvalue weighted by molar-refractivity contribution is 7.81. The van der Waals surface area contributed by atoms with Gasteiger partial charge in [-0.2, -0.15) is 13.2 Å². The number of halogens is 3. The summed E-state index contributed by atoms with van der Waals surface area (Å²) in [5.41, 5.74) is -3.94. The predicted octanol–water partition coefficient (Wildman–Crippen LogP) is 4.87. The zero-order valence-corrected chi connectivity index (χ0v) is 16.4. The normalized spacial score (nSPS) is 16.3. The largest absolute Gasteiger partial charge is 0.508 e. The number of alkyl halides is 3. The number of fused-ring (bicyclic) bond motifs is 4. The quantitative estimate of drug-likeness (QED) is 0.600. The predicted molar refractivity (Wildman–Crippen MR) is 99.6 cm³/mol. The Hall–Kier alpha value is -2.81. The maximum absolute atomic E-state index is 13.1. The number of ketones is 1. The molecule has 1 aliphatic rings. The molecule has 1 unspecified atom stereocenters. The Morgan fingerprint density at radius 1 is 1.07 bits per heavy atom. The first-order valence-corrected chi connectivity index (χ1v) is 9.58. The van der Waals surface area contributed by atoms with E-state index in [1.165, 1.54) is 25.3 Å². The molecule has 152 valence electrons. The molecule has 1 aliphatic carbocycles. The Kier molecular flexibility index (Phi) is 4.27. The molecule has 2 aromatic carbocycles. The van der Waals surface area contributed by atoms with Crippen LogP contribution >= 0.6 is 0 Å². The molecule has 0 N–H and O–H groups in total. The number of rotatable bonds is 3. The van der Waals surface area contributed by atoms with Gasteiger partial charge in [0.2, 0.25) is 0 Å². The van der Waals surface area contributed by atoms with Crippen molar-refractivity contribution in [3.8, 4) is 11.5 Å². The van der Waals surface area contributed by atoms with Crippen LogP contribution in [0.4, 0.5) is 13.2 Å². The van der Waals surface area contributed by atoms with Crippen molar-refractivity contribution in [2.75, 3.05) is 7.11 Å². The van der Waals surface area contributed by atoms with Crippen LogP contribution in [0.15, 0.2) is 40.8 Å². The van der Waals surface area contributed by atoms with E-state index in [0.717, 1.165) is 5.56 Å². The van der Waals surface area contributed by atoms with E-state index in [2.05, 4.69) is 4.18 Å². The first-order chi connectivity index (χ1) is 13.5. The van der Waals surface area contributed by atoms with Gasteiger partial charge in [-0.25, -0.2) is 4.21 Å². The second-order valence-corrected chi connectivity index (χ2v) is 8.19. The fraction of sp³-hybridized carbons (Fsp3) is 0.250. The minimum absolute atomic E-state index is 0.174. The molecule has 5 nitrogen and oxygen atoms in total. The molecule has 0 amide bonds. The maximum Gasteiger partial charge on any atom is 0.508 e. The molecule has 0 fully saturated rings. The molecule has 1 atom stereocenters. The van der Waals surface area contributed by atoms with Crippen molar-refractivity contribution in [3.05, 3.63) is 58.8 Å². The summed E-state index contributed by atoms with van der Waals surface area (Å²) in [4.78, 5) is 13.1. The average molecular weight is 424 g/mol. The van der Waals surface area contributed by atoms with Crippen LogP contribution in [0, 0.1) is 0 Å². The minimum atomic E-state index is -5.00. The Bertz CT molecular complexity index is 1180. The van der Waals surface area contributed by atoms with E-state index < -0.39 is 22.0 Å². The summed E-state index contributed by atoms with van der Waals surface area (Å²) in [6.45, 7) is 3.77. The zero-order chi connectivity index (χ0) is 21.1. The summed E-state index contributed by atoms with van der Waals surface area (Å²) in [6.07, 6.45) is 0. The van der Waals surface area contributed by atoms with Gasteiger partial charge in [0, 0.05) is 22.4 Å². The van der Waals surface area contributed by atoms with E-state index >= 15 is 0 Å². The molecular formula is C20H15F3O5S. The van der Waals surface area contributed by atoms with Crippen LogP contribution in [-0.4, -0.2) is 22.6 Å². The molecule has 0 saturated carbocycles. The number of ether oxygens (including phenoxy) is 1. The molecule has 1 aromatic heterocycles. The third-order valence-electron chi connectivity index (χ3n) is 4.96. The third kappa shape index (κ3) is 3.00. The van der Waals surface area contributed by atoms with E-state index in [9.17, 15) is 22.2 Å². The van der Waals surface area contributed by atoms with Crippen LogP contribution in [0.3, 0.4) is 0 Å². The van der Waals surface area contributed by atoms with Gasteiger partial charge in [-0.15, -0.1) is 0 Å². The van der Waals surface area contributed by atoms with Gasteiger partial charge in [0.25, 0.3) is 0 Å². The molecule has 0 bridgehead atoms. The maximum atomic E-state index is 13.1. The topological polar surface area (TPSA) is 65.7 Å². The summed E-state index contributed by atoms with van der Waals surface area (Å²) < 4.78 is 64.3. The van der Waals surface area contributed by atoms with Crippen molar-refractivity contribution in [2.45, 2.75) is 24.8 Å². The van der Waals surface area contributed by atoms with Crippen molar-refractivity contribution in [1.29, 1.82) is 0 Å². The van der Waals surface area contributed by atoms with Gasteiger partial charge in [-0.1, -0.05) is 0 Å². The number of carbonyl (C=O) groups excluding carboxylic acids is 1. The molecule has 1 heterocycles. The van der Waals surface area contributed by atoms with Gasteiger partial charge in [0.15, 0.2) is 5.78 Å². The molecule has 29 heavy (non-hydrogen) atoms. The van der Waals surface area contributed by atoms with E-state index in [4.69, 9.17) is 9.15 Å². The zero-order valence-electron chi connectivity index (χ0n) is 15.5. The Morgan fingerprint density at radius 2 is 1.76 bits per heavy atom. The fourth-order valence-corrected chi connectivity index (χ4v) is 3.92. The number of benzene rings is 2. The van der Waals surface area contributed by atoms with E-state index in [0.29, 0.717) is 28.0 Å². The smallest absolute Gasteiger partial charge is 0.497 e. The van der Waals surface area contributed by atoms with Crippen LogP contribution in [0.2, 0.25) is 0 Å². The van der Waals surface area contributed by atoms with Crippen molar-refractivity contribution in [3.63, 3.8) is 0 Å². The van der Waals surface area contributed by atoms with Gasteiger partial charge in [-0.3, -0.25) is 4.79 Å². The highest BCUT2D eigenvalue weighted by atomic mass is 32.2. The standard InChI is InChI=1S/C20H15F3O5S/c1-19(2)14-8-10(26-3)4-6-12(14)17(24)16-13-7-5-11(9-15(13)27-18(16)19)28-29(25)20(21,22)23/h4-9H,1-3H3. The van der Waals surface area contributed by atoms with Crippen molar-refractivity contribution < 1.29 is 35.5 Å². The Labute approximate surface area is 166 Å². The SMILES string of the molecule is COc1ccc2c(c1)C(C)(C)c1oc3cc(OS(=O)C(F)(F)F)ccc3c1C2=O. The number of carbonyl (C=O) groups is 1. The van der Waals surface area contributed by atoms with Crippen LogP contribution in [0.1, 0.15) is 41.1 Å². The first-order valence-electron chi connectivity index (χ1n) is 8.51. The van der Waals surface area contributed by atoms with Crippen molar-refractivity contribution in [2.24, 2.45) is 0 Å². The summed E-state index contributed by atoms with van der Waals surface area (Å²) >= 11 is -3.50. The Balaban J connectivity index is 1.85. The molecule has 0 aliphatic heterocycles. The lowest BCUT2D eigenvalue weighted by Gasteiger charge is -2.30. The van der Waals surface area contributed by atoms with Gasteiger partial charge in [-0.05, 0) is 49.7 Å². The lowest BCUT2D eigenvalue weighted by atomic mass is 9.72. The molecular weight excluding hydrogens is 409 g/mol. The van der Waals surface area contributed by atoms with Crippen LogP contribution in [0.25, 0.3) is 11.0 Å². The average Bonchev–Trinajstić information content (AvgIpc) is 3.05. The van der Waals surface area contributed by atoms with Gasteiger partial charge >= 0.3 is 16.6 Å². The molecule has 3 aromatic rings. The van der Waals surface area contributed by atoms with E-state index in [-0.39, 0.29) is 17.1 Å². The van der Waals surface area contributed by atoms with E-state index in [1.54, 1.807) is 18.2 Å². The summed E-state index contributed by atoms with van der Waals surface area (Å²) in [7, 11) is 1.53. The molecule has 4 rings (SSSR count). The highest BCUT2D eigenvalue weighted by Gasteiger charge is 2.42. The Morgan fingerprint density at radius 3 is 2.41 bits per heavy atom. The van der Waals surface area contributed by atoms with Crippen LogP contribution < -0.4 is 8.92 Å². The second kappa shape index (κ2) is 6.35. The molecule has 9 heteroatoms. The number of hydrogen-bond acceptors (Lipinski definition) is 5. The lowest BCUT2D eigenvalue weighted by molar-refractivity contribution is -0.0437. The summed E-state index contributed by atoms with van der Waals surface area (Å²) in [5, 5.41) is 0.449.